The molecular formula is C20H13N3OS. The second-order valence-electron chi connectivity index (χ2n) is 5.48. The van der Waals surface area contributed by atoms with Crippen LogP contribution in [0.25, 0.3) is 24.0 Å². The van der Waals surface area contributed by atoms with Crippen LogP contribution in [0.15, 0.2) is 52.8 Å². The first-order valence-corrected chi connectivity index (χ1v) is 8.51. The number of aromatic amines is 2. The van der Waals surface area contributed by atoms with Crippen LogP contribution in [0.2, 0.25) is 0 Å². The number of H-pyrrole nitrogens is 2. The number of fused-ring (bicyclic) bond motifs is 1. The Morgan fingerprint density at radius 1 is 1.16 bits per heavy atom. The maximum absolute atomic E-state index is 12.2. The highest BCUT2D eigenvalue weighted by molar-refractivity contribution is 7.11. The summed E-state index contributed by atoms with van der Waals surface area (Å²) in [5.41, 5.74) is 3.00. The van der Waals surface area contributed by atoms with Gasteiger partial charge < -0.3 is 9.97 Å². The Morgan fingerprint density at radius 2 is 1.96 bits per heavy atom. The van der Waals surface area contributed by atoms with Crippen LogP contribution in [0.1, 0.15) is 16.0 Å². The molecule has 0 spiro atoms. The fraction of sp³-hybridized carbons (Fsp3) is 0. The van der Waals surface area contributed by atoms with Gasteiger partial charge in [-0.25, -0.2) is 4.98 Å². The lowest BCUT2D eigenvalue weighted by molar-refractivity contribution is 1.07. The van der Waals surface area contributed by atoms with Crippen molar-refractivity contribution in [3.8, 4) is 23.2 Å². The van der Waals surface area contributed by atoms with Crippen LogP contribution < -0.4 is 16.3 Å². The van der Waals surface area contributed by atoms with Crippen molar-refractivity contribution < 1.29 is 0 Å². The van der Waals surface area contributed by atoms with E-state index < -0.39 is 0 Å². The Labute approximate surface area is 147 Å². The summed E-state index contributed by atoms with van der Waals surface area (Å²) in [5, 5.41) is 2.57. The molecule has 2 aromatic rings. The monoisotopic (exact) mass is 343 g/mol. The first kappa shape index (κ1) is 15.2. The van der Waals surface area contributed by atoms with Crippen LogP contribution in [0.4, 0.5) is 0 Å². The number of rotatable bonds is 1. The average molecular weight is 343 g/mol. The van der Waals surface area contributed by atoms with Gasteiger partial charge in [0, 0.05) is 33.1 Å². The van der Waals surface area contributed by atoms with Gasteiger partial charge in [-0.3, -0.25) is 4.79 Å². The summed E-state index contributed by atoms with van der Waals surface area (Å²) in [6.45, 7) is 3.73. The molecule has 2 aliphatic heterocycles. The molecule has 120 valence electrons. The second kappa shape index (κ2) is 6.27. The number of aromatic nitrogens is 3. The van der Waals surface area contributed by atoms with E-state index in [9.17, 15) is 4.79 Å². The molecule has 3 heterocycles. The Hall–Kier alpha value is -3.36. The minimum Gasteiger partial charge on any atom is -0.346 e. The van der Waals surface area contributed by atoms with Crippen molar-refractivity contribution in [1.82, 2.24) is 15.0 Å². The van der Waals surface area contributed by atoms with Crippen molar-refractivity contribution in [2.75, 3.05) is 0 Å². The highest BCUT2D eigenvalue weighted by Crippen LogP contribution is 2.15. The average Bonchev–Trinajstić information content (AvgIpc) is 3.18. The van der Waals surface area contributed by atoms with Crippen LogP contribution >= 0.6 is 11.3 Å². The van der Waals surface area contributed by atoms with Crippen molar-refractivity contribution >= 4 is 24.0 Å². The van der Waals surface area contributed by atoms with Gasteiger partial charge in [0.2, 0.25) is 0 Å². The first-order chi connectivity index (χ1) is 12.2. The maximum Gasteiger partial charge on any atom is 0.257 e. The molecular weight excluding hydrogens is 330 g/mol. The second-order valence-corrected chi connectivity index (χ2v) is 6.42. The molecule has 2 aliphatic rings. The summed E-state index contributed by atoms with van der Waals surface area (Å²) in [6.07, 6.45) is 3.61. The van der Waals surface area contributed by atoms with Gasteiger partial charge in [0.05, 0.1) is 5.22 Å². The number of nitrogens with zero attached hydrogens (tertiary/aromatic N) is 1. The highest BCUT2D eigenvalue weighted by atomic mass is 32.1. The predicted molar refractivity (Wildman–Crippen MR) is 101 cm³/mol. The molecule has 0 saturated carbocycles. The zero-order valence-corrected chi connectivity index (χ0v) is 14.0. The quantitative estimate of drug-likeness (QED) is 0.519. The van der Waals surface area contributed by atoms with Crippen molar-refractivity contribution in [1.29, 1.82) is 0 Å². The number of benzene rings is 1. The third kappa shape index (κ3) is 3.16. The Balaban J connectivity index is 1.72. The topological polar surface area (TPSA) is 61.5 Å². The van der Waals surface area contributed by atoms with Gasteiger partial charge in [-0.1, -0.05) is 36.6 Å². The minimum atomic E-state index is -0.160. The van der Waals surface area contributed by atoms with Crippen molar-refractivity contribution in [3.05, 3.63) is 85.0 Å². The summed E-state index contributed by atoms with van der Waals surface area (Å²) in [5.74, 6) is 6.82. The van der Waals surface area contributed by atoms with E-state index in [-0.39, 0.29) is 5.56 Å². The SMILES string of the molecule is C=c1nc2[nH]c(=O)c(=Cc3cc(C#Cc4ccccc4)cs3)c-2c[nH]1. The highest BCUT2D eigenvalue weighted by Gasteiger charge is 2.10. The molecule has 0 saturated heterocycles. The van der Waals surface area contributed by atoms with Crippen LogP contribution in [-0.2, 0) is 0 Å². The van der Waals surface area contributed by atoms with Gasteiger partial charge in [-0.05, 0) is 24.3 Å². The van der Waals surface area contributed by atoms with Gasteiger partial charge in [-0.15, -0.1) is 11.3 Å². The Morgan fingerprint density at radius 3 is 2.80 bits per heavy atom. The van der Waals surface area contributed by atoms with Crippen LogP contribution in [0.3, 0.4) is 0 Å². The minimum absolute atomic E-state index is 0.160. The number of hydrogen-bond donors (Lipinski definition) is 2. The molecule has 0 atom stereocenters. The fourth-order valence-corrected chi connectivity index (χ4v) is 3.27. The molecule has 2 N–H and O–H groups in total. The Kier molecular flexibility index (Phi) is 3.81. The van der Waals surface area contributed by atoms with Gasteiger partial charge in [0.25, 0.3) is 5.56 Å². The van der Waals surface area contributed by atoms with Crippen molar-refractivity contribution in [3.63, 3.8) is 0 Å². The number of thiophene rings is 1. The van der Waals surface area contributed by atoms with E-state index in [1.807, 2.05) is 47.9 Å². The van der Waals surface area contributed by atoms with Gasteiger partial charge in [0.1, 0.15) is 11.3 Å². The molecule has 0 bridgehead atoms. The molecule has 1 aromatic carbocycles. The summed E-state index contributed by atoms with van der Waals surface area (Å²) in [6, 6.07) is 11.8. The smallest absolute Gasteiger partial charge is 0.257 e. The van der Waals surface area contributed by atoms with Gasteiger partial charge in [-0.2, -0.15) is 0 Å². The van der Waals surface area contributed by atoms with Gasteiger partial charge in [0.15, 0.2) is 0 Å². The molecule has 0 unspecified atom stereocenters. The zero-order valence-electron chi connectivity index (χ0n) is 13.2. The molecule has 4 nitrogen and oxygen atoms in total. The summed E-state index contributed by atoms with van der Waals surface area (Å²) in [4.78, 5) is 23.1. The first-order valence-electron chi connectivity index (χ1n) is 7.63. The maximum atomic E-state index is 12.2. The standard InChI is InChI=1S/C20H13N3OS/c1-13-21-11-18-17(20(24)23-19(18)22-13)10-16-9-15(12-25-16)8-7-14-5-3-2-4-6-14/h2-6,9-12,21H,1H2,(H,22,23,24). The summed E-state index contributed by atoms with van der Waals surface area (Å²) < 4.78 is 0. The summed E-state index contributed by atoms with van der Waals surface area (Å²) >= 11 is 1.55. The van der Waals surface area contributed by atoms with Crippen LogP contribution in [0.5, 0.6) is 0 Å². The van der Waals surface area contributed by atoms with Crippen LogP contribution in [0, 0.1) is 11.8 Å². The molecule has 5 heteroatoms. The van der Waals surface area contributed by atoms with E-state index in [1.165, 1.54) is 0 Å². The lowest BCUT2D eigenvalue weighted by Crippen LogP contribution is -2.21. The summed E-state index contributed by atoms with van der Waals surface area (Å²) in [7, 11) is 0. The van der Waals surface area contributed by atoms with E-state index in [4.69, 9.17) is 0 Å². The zero-order chi connectivity index (χ0) is 17.2. The van der Waals surface area contributed by atoms with E-state index in [0.29, 0.717) is 16.5 Å². The third-order valence-electron chi connectivity index (χ3n) is 3.68. The number of hydrogen-bond acceptors (Lipinski definition) is 3. The lowest BCUT2D eigenvalue weighted by atomic mass is 10.2. The van der Waals surface area contributed by atoms with Crippen molar-refractivity contribution in [2.24, 2.45) is 0 Å². The van der Waals surface area contributed by atoms with Crippen LogP contribution in [-0.4, -0.2) is 15.0 Å². The fourth-order valence-electron chi connectivity index (χ4n) is 2.49. The van der Waals surface area contributed by atoms with E-state index >= 15 is 0 Å². The number of nitrogens with one attached hydrogen (secondary N) is 2. The lowest BCUT2D eigenvalue weighted by Gasteiger charge is -1.94. The molecule has 4 rings (SSSR count). The largest absolute Gasteiger partial charge is 0.346 e. The predicted octanol–water partition coefficient (Wildman–Crippen LogP) is 1.90. The molecule has 25 heavy (non-hydrogen) atoms. The van der Waals surface area contributed by atoms with E-state index in [1.54, 1.807) is 17.5 Å². The molecule has 0 radical (unpaired) electrons. The third-order valence-corrected chi connectivity index (χ3v) is 4.56. The molecule has 1 aromatic heterocycles. The van der Waals surface area contributed by atoms with Crippen molar-refractivity contribution in [2.45, 2.75) is 0 Å². The molecule has 0 fully saturated rings. The molecule has 0 aliphatic carbocycles. The van der Waals surface area contributed by atoms with E-state index in [0.717, 1.165) is 21.6 Å². The van der Waals surface area contributed by atoms with E-state index in [2.05, 4.69) is 33.4 Å². The molecule has 0 amide bonds. The normalized spacial score (nSPS) is 11.4. The Bertz CT molecular complexity index is 1240. The van der Waals surface area contributed by atoms with Gasteiger partial charge >= 0.3 is 0 Å².